The fraction of sp³-hybridized carbons (Fsp3) is 0.179. The van der Waals surface area contributed by atoms with Gasteiger partial charge in [0.25, 0.3) is 0 Å². The molecule has 2 aliphatic rings. The Balaban J connectivity index is 1.52. The second-order valence-corrected chi connectivity index (χ2v) is 10.8. The van der Waals surface area contributed by atoms with Crippen molar-refractivity contribution in [2.24, 2.45) is 0 Å². The van der Waals surface area contributed by atoms with Crippen LogP contribution in [-0.2, 0) is 11.2 Å². The van der Waals surface area contributed by atoms with Gasteiger partial charge >= 0.3 is 0 Å². The SMILES string of the molecule is O=C1CC(c2ccccc2)CC2=C1C(c1c[nH]c3ccc(Br)cc13)Cc1cc(Br)ccc1N2. The molecule has 0 fully saturated rings. The molecule has 3 aromatic carbocycles. The second kappa shape index (κ2) is 8.30. The van der Waals surface area contributed by atoms with Crippen molar-refractivity contribution in [1.82, 2.24) is 4.98 Å². The lowest BCUT2D eigenvalue weighted by Gasteiger charge is -2.29. The number of rotatable bonds is 2. The summed E-state index contributed by atoms with van der Waals surface area (Å²) >= 11 is 7.27. The zero-order chi connectivity index (χ0) is 22.5. The summed E-state index contributed by atoms with van der Waals surface area (Å²) in [4.78, 5) is 17.2. The van der Waals surface area contributed by atoms with E-state index in [0.717, 1.165) is 49.6 Å². The molecular weight excluding hydrogens is 540 g/mol. The summed E-state index contributed by atoms with van der Waals surface area (Å²) in [5.41, 5.74) is 7.82. The number of aromatic amines is 1. The summed E-state index contributed by atoms with van der Waals surface area (Å²) < 4.78 is 2.09. The molecule has 2 N–H and O–H groups in total. The number of carbonyl (C=O) groups excluding carboxylic acids is 1. The normalized spacial score (nSPS) is 20.2. The van der Waals surface area contributed by atoms with Crippen LogP contribution in [0.3, 0.4) is 0 Å². The molecule has 0 radical (unpaired) electrons. The van der Waals surface area contributed by atoms with Crippen LogP contribution in [0.15, 0.2) is 93.1 Å². The van der Waals surface area contributed by atoms with Crippen LogP contribution in [0.1, 0.15) is 41.4 Å². The van der Waals surface area contributed by atoms with Crippen LogP contribution in [0.4, 0.5) is 5.69 Å². The van der Waals surface area contributed by atoms with Crippen molar-refractivity contribution in [3.63, 3.8) is 0 Å². The smallest absolute Gasteiger partial charge is 0.161 e. The van der Waals surface area contributed by atoms with Gasteiger partial charge in [0.05, 0.1) is 0 Å². The van der Waals surface area contributed by atoms with Crippen LogP contribution in [-0.4, -0.2) is 10.8 Å². The third-order valence-electron chi connectivity index (χ3n) is 6.96. The molecule has 0 saturated heterocycles. The van der Waals surface area contributed by atoms with Gasteiger partial charge < -0.3 is 10.3 Å². The maximum absolute atomic E-state index is 13.8. The molecule has 0 spiro atoms. The van der Waals surface area contributed by atoms with Crippen molar-refractivity contribution in [2.75, 3.05) is 5.32 Å². The first-order valence-electron chi connectivity index (χ1n) is 11.2. The predicted octanol–water partition coefficient (Wildman–Crippen LogP) is 7.85. The van der Waals surface area contributed by atoms with Crippen molar-refractivity contribution in [3.8, 4) is 0 Å². The predicted molar refractivity (Wildman–Crippen MR) is 141 cm³/mol. The maximum atomic E-state index is 13.8. The molecule has 1 aromatic heterocycles. The Morgan fingerprint density at radius 3 is 2.48 bits per heavy atom. The number of benzene rings is 3. The number of hydrogen-bond acceptors (Lipinski definition) is 2. The van der Waals surface area contributed by atoms with Gasteiger partial charge in [0.2, 0.25) is 0 Å². The summed E-state index contributed by atoms with van der Waals surface area (Å²) in [7, 11) is 0. The van der Waals surface area contributed by atoms with Gasteiger partial charge in [-0.05, 0) is 71.8 Å². The van der Waals surface area contributed by atoms with Gasteiger partial charge in [0, 0.05) is 55.3 Å². The third-order valence-corrected chi connectivity index (χ3v) is 7.94. The Hall–Kier alpha value is -2.63. The van der Waals surface area contributed by atoms with E-state index in [1.54, 1.807) is 0 Å². The maximum Gasteiger partial charge on any atom is 0.161 e. The molecule has 33 heavy (non-hydrogen) atoms. The van der Waals surface area contributed by atoms with Crippen LogP contribution in [0.5, 0.6) is 0 Å². The summed E-state index contributed by atoms with van der Waals surface area (Å²) in [5.74, 6) is 0.439. The number of carbonyl (C=O) groups is 1. The Kier molecular flexibility index (Phi) is 5.27. The number of allylic oxidation sites excluding steroid dienone is 2. The summed E-state index contributed by atoms with van der Waals surface area (Å²) in [6.07, 6.45) is 4.25. The van der Waals surface area contributed by atoms with E-state index in [0.29, 0.717) is 6.42 Å². The van der Waals surface area contributed by atoms with Gasteiger partial charge in [-0.15, -0.1) is 0 Å². The first-order valence-corrected chi connectivity index (χ1v) is 12.8. The van der Waals surface area contributed by atoms with E-state index in [1.165, 1.54) is 16.7 Å². The summed E-state index contributed by atoms with van der Waals surface area (Å²) in [5, 5.41) is 4.85. The molecule has 164 valence electrons. The number of nitrogens with one attached hydrogen (secondary N) is 2. The fourth-order valence-corrected chi connectivity index (χ4v) is 6.19. The monoisotopic (exact) mass is 560 g/mol. The third kappa shape index (κ3) is 3.77. The largest absolute Gasteiger partial charge is 0.361 e. The van der Waals surface area contributed by atoms with E-state index in [9.17, 15) is 4.79 Å². The molecule has 0 amide bonds. The van der Waals surface area contributed by atoms with Crippen molar-refractivity contribution in [1.29, 1.82) is 0 Å². The van der Waals surface area contributed by atoms with E-state index in [4.69, 9.17) is 0 Å². The quantitative estimate of drug-likeness (QED) is 0.262. The topological polar surface area (TPSA) is 44.9 Å². The lowest BCUT2D eigenvalue weighted by atomic mass is 9.75. The molecule has 0 bridgehead atoms. The number of hydrogen-bond donors (Lipinski definition) is 2. The van der Waals surface area contributed by atoms with Crippen molar-refractivity contribution < 1.29 is 4.79 Å². The van der Waals surface area contributed by atoms with E-state index >= 15 is 0 Å². The minimum absolute atomic E-state index is 0.00433. The zero-order valence-electron chi connectivity index (χ0n) is 17.9. The molecule has 2 unspecified atom stereocenters. The highest BCUT2D eigenvalue weighted by Crippen LogP contribution is 2.46. The molecule has 0 saturated carbocycles. The number of aromatic nitrogens is 1. The minimum Gasteiger partial charge on any atom is -0.361 e. The molecule has 4 aromatic rings. The average Bonchev–Trinajstić information content (AvgIpc) is 3.15. The molecule has 3 nitrogen and oxygen atoms in total. The van der Waals surface area contributed by atoms with E-state index in [-0.39, 0.29) is 17.6 Å². The fourth-order valence-electron chi connectivity index (χ4n) is 5.42. The highest BCUT2D eigenvalue weighted by molar-refractivity contribution is 9.10. The lowest BCUT2D eigenvalue weighted by molar-refractivity contribution is -0.116. The molecule has 5 heteroatoms. The van der Waals surface area contributed by atoms with Gasteiger partial charge in [-0.25, -0.2) is 0 Å². The highest BCUT2D eigenvalue weighted by atomic mass is 79.9. The van der Waals surface area contributed by atoms with E-state index in [1.807, 2.05) is 12.1 Å². The van der Waals surface area contributed by atoms with Gasteiger partial charge in [0.15, 0.2) is 5.78 Å². The van der Waals surface area contributed by atoms with E-state index in [2.05, 4.69) is 103 Å². The Bertz CT molecular complexity index is 1420. The molecule has 1 aliphatic carbocycles. The molecule has 2 atom stereocenters. The first kappa shape index (κ1) is 20.9. The summed E-state index contributed by atoms with van der Waals surface area (Å²) in [6, 6.07) is 23.1. The Morgan fingerprint density at radius 2 is 1.64 bits per heavy atom. The number of fused-ring (bicyclic) bond motifs is 2. The van der Waals surface area contributed by atoms with Gasteiger partial charge in [-0.1, -0.05) is 62.2 Å². The highest BCUT2D eigenvalue weighted by Gasteiger charge is 2.37. The van der Waals surface area contributed by atoms with E-state index < -0.39 is 0 Å². The van der Waals surface area contributed by atoms with Crippen LogP contribution in [0.2, 0.25) is 0 Å². The lowest BCUT2D eigenvalue weighted by Crippen LogP contribution is -2.25. The molecule has 2 heterocycles. The number of ketones is 1. The number of halogens is 2. The Labute approximate surface area is 209 Å². The van der Waals surface area contributed by atoms with Crippen LogP contribution in [0.25, 0.3) is 10.9 Å². The first-order chi connectivity index (χ1) is 16.1. The second-order valence-electron chi connectivity index (χ2n) is 8.95. The van der Waals surface area contributed by atoms with Crippen LogP contribution in [0, 0.1) is 0 Å². The molecular formula is C28H22Br2N2O. The Morgan fingerprint density at radius 1 is 0.848 bits per heavy atom. The summed E-state index contributed by atoms with van der Waals surface area (Å²) in [6.45, 7) is 0. The van der Waals surface area contributed by atoms with Gasteiger partial charge in [-0.2, -0.15) is 0 Å². The van der Waals surface area contributed by atoms with Crippen LogP contribution >= 0.6 is 31.9 Å². The van der Waals surface area contributed by atoms with Gasteiger partial charge in [-0.3, -0.25) is 4.79 Å². The molecule has 6 rings (SSSR count). The number of H-pyrrole nitrogens is 1. The zero-order valence-corrected chi connectivity index (χ0v) is 21.0. The minimum atomic E-state index is -0.00433. The van der Waals surface area contributed by atoms with Crippen molar-refractivity contribution in [3.05, 3.63) is 110 Å². The molecule has 1 aliphatic heterocycles. The standard InChI is InChI=1S/C28H22Br2N2O/c29-19-6-8-24-18(10-19)11-22(23-15-31-25-9-7-20(30)14-21(23)25)28-26(32-24)12-17(13-27(28)33)16-4-2-1-3-5-16/h1-10,14-15,17,22,31-32H,11-13H2. The van der Waals surface area contributed by atoms with Gasteiger partial charge in [0.1, 0.15) is 0 Å². The average molecular weight is 562 g/mol. The van der Waals surface area contributed by atoms with Crippen molar-refractivity contribution in [2.45, 2.75) is 31.1 Å². The number of Topliss-reactive ketones (excluding diaryl/α,β-unsaturated/α-hetero) is 1. The number of anilines is 1. The van der Waals surface area contributed by atoms with Crippen molar-refractivity contribution >= 4 is 54.2 Å². The van der Waals surface area contributed by atoms with Crippen LogP contribution < -0.4 is 5.32 Å².